The first-order chi connectivity index (χ1) is 16.1. The van der Waals surface area contributed by atoms with Crippen LogP contribution in [0.5, 0.6) is 5.75 Å². The second kappa shape index (κ2) is 10.6. The molecule has 0 aliphatic carbocycles. The van der Waals surface area contributed by atoms with Crippen molar-refractivity contribution in [2.24, 2.45) is 10.2 Å². The molecule has 1 amide bonds. The second-order valence-corrected chi connectivity index (χ2v) is 8.78. The van der Waals surface area contributed by atoms with Crippen LogP contribution in [0.2, 0.25) is 5.02 Å². The molecule has 1 saturated heterocycles. The first-order valence-electron chi connectivity index (χ1n) is 10.3. The van der Waals surface area contributed by atoms with Crippen LogP contribution in [-0.2, 0) is 11.2 Å². The molecule has 4 rings (SSSR count). The fourth-order valence-electron chi connectivity index (χ4n) is 3.35. The van der Waals surface area contributed by atoms with Crippen molar-refractivity contribution in [1.82, 2.24) is 4.90 Å². The Morgan fingerprint density at radius 3 is 2.70 bits per heavy atom. The van der Waals surface area contributed by atoms with Gasteiger partial charge in [0.15, 0.2) is 5.17 Å². The first-order valence-corrected chi connectivity index (χ1v) is 11.5. The van der Waals surface area contributed by atoms with Crippen molar-refractivity contribution in [1.29, 1.82) is 0 Å². The van der Waals surface area contributed by atoms with E-state index >= 15 is 0 Å². The van der Waals surface area contributed by atoms with Crippen LogP contribution < -0.4 is 4.74 Å². The summed E-state index contributed by atoms with van der Waals surface area (Å²) in [5, 5.41) is 9.31. The van der Waals surface area contributed by atoms with E-state index in [1.165, 1.54) is 18.0 Å². The van der Waals surface area contributed by atoms with E-state index in [2.05, 4.69) is 16.8 Å². The Morgan fingerprint density at radius 1 is 1.18 bits per heavy atom. The molecule has 0 radical (unpaired) electrons. The molecule has 1 aliphatic heterocycles. The van der Waals surface area contributed by atoms with E-state index in [1.807, 2.05) is 54.6 Å². The van der Waals surface area contributed by atoms with E-state index in [4.69, 9.17) is 20.8 Å². The van der Waals surface area contributed by atoms with Gasteiger partial charge in [-0.25, -0.2) is 0 Å². The largest absolute Gasteiger partial charge is 0.497 e. The Bertz CT molecular complexity index is 1200. The maximum Gasteiger partial charge on any atom is 0.242 e. The van der Waals surface area contributed by atoms with Crippen molar-refractivity contribution >= 4 is 40.7 Å². The summed E-state index contributed by atoms with van der Waals surface area (Å²) in [5.41, 5.74) is 1.85. The molecule has 8 heteroatoms. The third-order valence-electron chi connectivity index (χ3n) is 5.01. The van der Waals surface area contributed by atoms with E-state index in [-0.39, 0.29) is 11.2 Å². The molecular weight excluding hydrogens is 458 g/mol. The van der Waals surface area contributed by atoms with E-state index < -0.39 is 0 Å². The number of nitrogens with zero attached hydrogens (tertiary/aromatic N) is 3. The monoisotopic (exact) mass is 479 g/mol. The lowest BCUT2D eigenvalue weighted by molar-refractivity contribution is -0.125. The lowest BCUT2D eigenvalue weighted by Gasteiger charge is -2.12. The average molecular weight is 480 g/mol. The number of carbonyl (C=O) groups excluding carboxylic acids is 1. The molecule has 1 unspecified atom stereocenters. The first kappa shape index (κ1) is 22.9. The summed E-state index contributed by atoms with van der Waals surface area (Å²) in [4.78, 5) is 14.5. The molecule has 1 atom stereocenters. The molecule has 2 aromatic carbocycles. The maximum absolute atomic E-state index is 12.9. The highest BCUT2D eigenvalue weighted by molar-refractivity contribution is 8.15. The topological polar surface area (TPSA) is 67.4 Å². The smallest absolute Gasteiger partial charge is 0.242 e. The fourth-order valence-corrected chi connectivity index (χ4v) is 4.73. The molecular formula is C25H22ClN3O3S. The number of methoxy groups -OCH3 is 1. The van der Waals surface area contributed by atoms with Gasteiger partial charge in [-0.2, -0.15) is 5.10 Å². The van der Waals surface area contributed by atoms with Gasteiger partial charge >= 0.3 is 0 Å². The van der Waals surface area contributed by atoms with Crippen LogP contribution in [0.1, 0.15) is 11.3 Å². The number of halogens is 1. The van der Waals surface area contributed by atoms with Gasteiger partial charge in [0.2, 0.25) is 5.91 Å². The summed E-state index contributed by atoms with van der Waals surface area (Å²) >= 11 is 7.63. The lowest BCUT2D eigenvalue weighted by Crippen LogP contribution is -2.32. The van der Waals surface area contributed by atoms with Crippen molar-refractivity contribution in [3.8, 4) is 17.1 Å². The normalized spacial score (nSPS) is 17.3. The van der Waals surface area contributed by atoms with E-state index in [0.29, 0.717) is 34.7 Å². The van der Waals surface area contributed by atoms with Gasteiger partial charge in [-0.15, -0.1) is 11.7 Å². The Labute approximate surface area is 201 Å². The van der Waals surface area contributed by atoms with Crippen molar-refractivity contribution in [2.45, 2.75) is 11.7 Å². The van der Waals surface area contributed by atoms with Crippen LogP contribution in [0.3, 0.4) is 0 Å². The molecule has 1 fully saturated rings. The second-order valence-electron chi connectivity index (χ2n) is 7.21. The summed E-state index contributed by atoms with van der Waals surface area (Å²) in [5.74, 6) is 1.95. The molecule has 0 bridgehead atoms. The predicted octanol–water partition coefficient (Wildman–Crippen LogP) is 5.67. The molecule has 33 heavy (non-hydrogen) atoms. The molecule has 0 N–H and O–H groups in total. The van der Waals surface area contributed by atoms with Crippen LogP contribution in [0.25, 0.3) is 11.3 Å². The standard InChI is InChI=1S/C25H22ClN3O3S/c1-3-14-29-24(30)23(15-17-8-10-18(31-2)11-9-17)33-25(29)28-27-16-19-12-13-22(32-19)20-6-4-5-7-21(20)26/h3-13,16,23H,1,14-15H2,2H3/b27-16+,28-25+. The molecule has 168 valence electrons. The number of amides is 1. The van der Waals surface area contributed by atoms with E-state index in [9.17, 15) is 4.79 Å². The number of carbonyl (C=O) groups is 1. The molecule has 1 aromatic heterocycles. The third kappa shape index (κ3) is 5.38. The van der Waals surface area contributed by atoms with Gasteiger partial charge in [0.1, 0.15) is 17.3 Å². The number of thioether (sulfide) groups is 1. The molecule has 2 heterocycles. The minimum atomic E-state index is -0.275. The van der Waals surface area contributed by atoms with Crippen molar-refractivity contribution in [3.63, 3.8) is 0 Å². The molecule has 3 aromatic rings. The minimum Gasteiger partial charge on any atom is -0.497 e. The van der Waals surface area contributed by atoms with Gasteiger partial charge in [-0.05, 0) is 48.4 Å². The summed E-state index contributed by atoms with van der Waals surface area (Å²) in [6, 6.07) is 18.8. The lowest BCUT2D eigenvalue weighted by atomic mass is 10.1. The minimum absolute atomic E-state index is 0.0105. The number of hydrogen-bond acceptors (Lipinski definition) is 6. The molecule has 6 nitrogen and oxygen atoms in total. The van der Waals surface area contributed by atoms with Crippen LogP contribution in [0.15, 0.2) is 87.9 Å². The molecule has 0 saturated carbocycles. The zero-order valence-corrected chi connectivity index (χ0v) is 19.6. The number of hydrogen-bond donors (Lipinski definition) is 0. The highest BCUT2D eigenvalue weighted by atomic mass is 35.5. The van der Waals surface area contributed by atoms with Gasteiger partial charge in [0, 0.05) is 12.1 Å². The Kier molecular flexibility index (Phi) is 7.32. The predicted molar refractivity (Wildman–Crippen MR) is 134 cm³/mol. The van der Waals surface area contributed by atoms with Gasteiger partial charge in [0.25, 0.3) is 0 Å². The highest BCUT2D eigenvalue weighted by Crippen LogP contribution is 2.31. The summed E-state index contributed by atoms with van der Waals surface area (Å²) < 4.78 is 11.0. The number of benzene rings is 2. The number of ether oxygens (including phenoxy) is 1. The Balaban J connectivity index is 1.47. The van der Waals surface area contributed by atoms with Crippen LogP contribution >= 0.6 is 23.4 Å². The van der Waals surface area contributed by atoms with Crippen LogP contribution in [-0.4, -0.2) is 41.1 Å². The zero-order chi connectivity index (χ0) is 23.2. The fraction of sp³-hybridized carbons (Fsp3) is 0.160. The average Bonchev–Trinajstić information content (AvgIpc) is 3.41. The highest BCUT2D eigenvalue weighted by Gasteiger charge is 2.37. The molecule has 1 aliphatic rings. The third-order valence-corrected chi connectivity index (χ3v) is 6.50. The summed E-state index contributed by atoms with van der Waals surface area (Å²) in [6.07, 6.45) is 3.78. The van der Waals surface area contributed by atoms with E-state index in [0.717, 1.165) is 16.9 Å². The Hall–Kier alpha value is -3.29. The summed E-state index contributed by atoms with van der Waals surface area (Å²) in [7, 11) is 1.63. The van der Waals surface area contributed by atoms with Crippen molar-refractivity contribution in [2.75, 3.05) is 13.7 Å². The van der Waals surface area contributed by atoms with E-state index in [1.54, 1.807) is 24.2 Å². The number of rotatable bonds is 8. The van der Waals surface area contributed by atoms with Crippen molar-refractivity contribution < 1.29 is 13.9 Å². The molecule has 0 spiro atoms. The summed E-state index contributed by atoms with van der Waals surface area (Å²) in [6.45, 7) is 4.12. The number of amidine groups is 1. The van der Waals surface area contributed by atoms with Crippen LogP contribution in [0.4, 0.5) is 0 Å². The van der Waals surface area contributed by atoms with Gasteiger partial charge < -0.3 is 9.15 Å². The maximum atomic E-state index is 12.9. The SMILES string of the molecule is C=CCN1C(=O)C(Cc2ccc(OC)cc2)S/C1=N/N=C/c1ccc(-c2ccccc2Cl)o1. The van der Waals surface area contributed by atoms with Gasteiger partial charge in [-0.3, -0.25) is 9.69 Å². The van der Waals surface area contributed by atoms with Gasteiger partial charge in [-0.1, -0.05) is 53.7 Å². The zero-order valence-electron chi connectivity index (χ0n) is 18.0. The quantitative estimate of drug-likeness (QED) is 0.237. The van der Waals surface area contributed by atoms with Crippen molar-refractivity contribution in [3.05, 3.63) is 89.7 Å². The van der Waals surface area contributed by atoms with Crippen LogP contribution in [0, 0.1) is 0 Å². The van der Waals surface area contributed by atoms with Gasteiger partial charge in [0.05, 0.1) is 23.6 Å². The Morgan fingerprint density at radius 2 is 1.97 bits per heavy atom. The number of furan rings is 1.